The molecule has 0 radical (unpaired) electrons. The number of ether oxygens (including phenoxy) is 1. The third kappa shape index (κ3) is 1.58. The minimum absolute atomic E-state index is 0.313. The highest BCUT2D eigenvalue weighted by molar-refractivity contribution is 7.08. The Morgan fingerprint density at radius 1 is 1.73 bits per heavy atom. The fourth-order valence-electron chi connectivity index (χ4n) is 0.771. The van der Waals surface area contributed by atoms with Crippen LogP contribution in [0.5, 0.6) is 0 Å². The van der Waals surface area contributed by atoms with Gasteiger partial charge in [-0.05, 0) is 10.9 Å². The molecule has 0 fully saturated rings. The van der Waals surface area contributed by atoms with Gasteiger partial charge in [0.2, 0.25) is 0 Å². The number of rotatable bonds is 2. The van der Waals surface area contributed by atoms with Crippen LogP contribution in [-0.2, 0) is 11.3 Å². The highest BCUT2D eigenvalue weighted by Gasteiger charge is 2.10. The fourth-order valence-corrected chi connectivity index (χ4v) is 1.61. The Kier molecular flexibility index (Phi) is 2.62. The van der Waals surface area contributed by atoms with Crippen LogP contribution in [0.15, 0.2) is 10.8 Å². The van der Waals surface area contributed by atoms with Crippen molar-refractivity contribution in [1.82, 2.24) is 0 Å². The Balaban J connectivity index is 2.92. The third-order valence-corrected chi connectivity index (χ3v) is 2.16. The number of esters is 1. The number of hydrogen-bond acceptors (Lipinski definition) is 4. The van der Waals surface area contributed by atoms with Crippen LogP contribution >= 0.6 is 11.3 Å². The number of thiophene rings is 1. The van der Waals surface area contributed by atoms with Crippen molar-refractivity contribution in [2.45, 2.75) is 6.54 Å². The molecule has 0 atom stereocenters. The lowest BCUT2D eigenvalue weighted by Crippen LogP contribution is -2.05. The molecule has 0 amide bonds. The Labute approximate surface area is 68.8 Å². The van der Waals surface area contributed by atoms with E-state index in [1.807, 2.05) is 5.38 Å². The number of hydrogen-bond donors (Lipinski definition) is 1. The van der Waals surface area contributed by atoms with Gasteiger partial charge >= 0.3 is 5.97 Å². The van der Waals surface area contributed by atoms with Crippen molar-refractivity contribution >= 4 is 17.3 Å². The van der Waals surface area contributed by atoms with Crippen molar-refractivity contribution in [3.05, 3.63) is 21.9 Å². The molecule has 1 aromatic rings. The van der Waals surface area contributed by atoms with Gasteiger partial charge in [-0.2, -0.15) is 11.3 Å². The van der Waals surface area contributed by atoms with E-state index in [4.69, 9.17) is 5.73 Å². The van der Waals surface area contributed by atoms with Crippen LogP contribution in [0, 0.1) is 0 Å². The highest BCUT2D eigenvalue weighted by Crippen LogP contribution is 2.14. The van der Waals surface area contributed by atoms with Crippen LogP contribution in [0.2, 0.25) is 0 Å². The van der Waals surface area contributed by atoms with Gasteiger partial charge < -0.3 is 10.5 Å². The first-order chi connectivity index (χ1) is 5.29. The Bertz CT molecular complexity index is 257. The van der Waals surface area contributed by atoms with Gasteiger partial charge in [-0.25, -0.2) is 4.79 Å². The van der Waals surface area contributed by atoms with Gasteiger partial charge in [-0.3, -0.25) is 0 Å². The minimum Gasteiger partial charge on any atom is -0.465 e. The van der Waals surface area contributed by atoms with Crippen molar-refractivity contribution in [3.8, 4) is 0 Å². The van der Waals surface area contributed by atoms with Crippen LogP contribution in [0.25, 0.3) is 0 Å². The number of methoxy groups -OCH3 is 1. The number of carbonyl (C=O) groups is 1. The standard InChI is InChI=1S/C7H9NO2S/c1-10-7(9)6-4-11-3-5(6)2-8/h3-4H,2,8H2,1H3. The average Bonchev–Trinajstić information content (AvgIpc) is 2.50. The summed E-state index contributed by atoms with van der Waals surface area (Å²) in [6.07, 6.45) is 0. The SMILES string of the molecule is COC(=O)c1cscc1CN. The molecule has 0 aliphatic rings. The molecule has 4 heteroatoms. The van der Waals surface area contributed by atoms with Crippen LogP contribution in [0.4, 0.5) is 0 Å². The summed E-state index contributed by atoms with van der Waals surface area (Å²) >= 11 is 1.45. The van der Waals surface area contributed by atoms with E-state index in [0.29, 0.717) is 12.1 Å². The van der Waals surface area contributed by atoms with Gasteiger partial charge in [0, 0.05) is 11.9 Å². The van der Waals surface area contributed by atoms with E-state index in [1.165, 1.54) is 18.4 Å². The van der Waals surface area contributed by atoms with Gasteiger partial charge in [-0.15, -0.1) is 0 Å². The van der Waals surface area contributed by atoms with Crippen LogP contribution in [0.1, 0.15) is 15.9 Å². The van der Waals surface area contributed by atoms with E-state index in [9.17, 15) is 4.79 Å². The van der Waals surface area contributed by atoms with E-state index >= 15 is 0 Å². The first-order valence-corrected chi connectivity index (χ1v) is 4.07. The van der Waals surface area contributed by atoms with Crippen molar-refractivity contribution in [3.63, 3.8) is 0 Å². The maximum Gasteiger partial charge on any atom is 0.339 e. The molecular formula is C7H9NO2S. The molecular weight excluding hydrogens is 162 g/mol. The van der Waals surface area contributed by atoms with E-state index < -0.39 is 0 Å². The summed E-state index contributed by atoms with van der Waals surface area (Å²) in [5.74, 6) is -0.313. The Hall–Kier alpha value is -0.870. The number of nitrogens with two attached hydrogens (primary N) is 1. The summed E-state index contributed by atoms with van der Waals surface area (Å²) in [5, 5.41) is 3.60. The van der Waals surface area contributed by atoms with Gasteiger partial charge in [0.1, 0.15) is 0 Å². The van der Waals surface area contributed by atoms with Crippen molar-refractivity contribution < 1.29 is 9.53 Å². The summed E-state index contributed by atoms with van der Waals surface area (Å²) in [4.78, 5) is 11.0. The quantitative estimate of drug-likeness (QED) is 0.675. The van der Waals surface area contributed by atoms with Crippen LogP contribution in [-0.4, -0.2) is 13.1 Å². The minimum atomic E-state index is -0.313. The Morgan fingerprint density at radius 3 is 3.00 bits per heavy atom. The summed E-state index contributed by atoms with van der Waals surface area (Å²) in [5.41, 5.74) is 6.82. The van der Waals surface area contributed by atoms with Gasteiger partial charge in [0.05, 0.1) is 12.7 Å². The molecule has 1 aromatic heterocycles. The molecule has 60 valence electrons. The van der Waals surface area contributed by atoms with Gasteiger partial charge in [-0.1, -0.05) is 0 Å². The molecule has 0 saturated heterocycles. The summed E-state index contributed by atoms with van der Waals surface area (Å²) in [6.45, 7) is 0.383. The maximum absolute atomic E-state index is 11.0. The van der Waals surface area contributed by atoms with E-state index in [2.05, 4.69) is 4.74 Å². The average molecular weight is 171 g/mol. The predicted octanol–water partition coefficient (Wildman–Crippen LogP) is 0.993. The summed E-state index contributed by atoms with van der Waals surface area (Å²) < 4.78 is 4.55. The first kappa shape index (κ1) is 8.23. The second-order valence-electron chi connectivity index (χ2n) is 2.01. The molecule has 0 aliphatic carbocycles. The van der Waals surface area contributed by atoms with Crippen molar-refractivity contribution in [2.75, 3.05) is 7.11 Å². The molecule has 2 N–H and O–H groups in total. The normalized spacial score (nSPS) is 9.64. The molecule has 1 heterocycles. The molecule has 11 heavy (non-hydrogen) atoms. The largest absolute Gasteiger partial charge is 0.465 e. The van der Waals surface area contributed by atoms with Crippen LogP contribution in [0.3, 0.4) is 0 Å². The number of carbonyl (C=O) groups excluding carboxylic acids is 1. The maximum atomic E-state index is 11.0. The lowest BCUT2D eigenvalue weighted by atomic mass is 10.2. The lowest BCUT2D eigenvalue weighted by molar-refractivity contribution is 0.0600. The fraction of sp³-hybridized carbons (Fsp3) is 0.286. The third-order valence-electron chi connectivity index (χ3n) is 1.37. The molecule has 0 unspecified atom stereocenters. The van der Waals surface area contributed by atoms with E-state index in [1.54, 1.807) is 5.38 Å². The monoisotopic (exact) mass is 171 g/mol. The highest BCUT2D eigenvalue weighted by atomic mass is 32.1. The zero-order chi connectivity index (χ0) is 8.27. The molecule has 0 saturated carbocycles. The zero-order valence-electron chi connectivity index (χ0n) is 6.16. The molecule has 1 rings (SSSR count). The summed E-state index contributed by atoms with van der Waals surface area (Å²) in [6, 6.07) is 0. The Morgan fingerprint density at radius 2 is 2.45 bits per heavy atom. The molecule has 0 bridgehead atoms. The van der Waals surface area contributed by atoms with Crippen LogP contribution < -0.4 is 5.73 Å². The summed E-state index contributed by atoms with van der Waals surface area (Å²) in [7, 11) is 1.36. The molecule has 0 spiro atoms. The lowest BCUT2D eigenvalue weighted by Gasteiger charge is -1.97. The zero-order valence-corrected chi connectivity index (χ0v) is 6.98. The molecule has 3 nitrogen and oxygen atoms in total. The van der Waals surface area contributed by atoms with Crippen molar-refractivity contribution in [2.24, 2.45) is 5.73 Å². The topological polar surface area (TPSA) is 52.3 Å². The van der Waals surface area contributed by atoms with E-state index in [0.717, 1.165) is 5.56 Å². The molecule has 0 aromatic carbocycles. The van der Waals surface area contributed by atoms with Crippen molar-refractivity contribution in [1.29, 1.82) is 0 Å². The van der Waals surface area contributed by atoms with Gasteiger partial charge in [0.25, 0.3) is 0 Å². The molecule has 0 aliphatic heterocycles. The second kappa shape index (κ2) is 3.50. The first-order valence-electron chi connectivity index (χ1n) is 3.13. The van der Waals surface area contributed by atoms with E-state index in [-0.39, 0.29) is 5.97 Å². The smallest absolute Gasteiger partial charge is 0.339 e. The van der Waals surface area contributed by atoms with Gasteiger partial charge in [0.15, 0.2) is 0 Å². The second-order valence-corrected chi connectivity index (χ2v) is 2.75. The predicted molar refractivity (Wildman–Crippen MR) is 43.5 cm³/mol.